The summed E-state index contributed by atoms with van der Waals surface area (Å²) >= 11 is 13.5. The van der Waals surface area contributed by atoms with Crippen molar-refractivity contribution in [1.29, 1.82) is 0 Å². The largest absolute Gasteiger partial charge is 0.262 e. The molecule has 2 aromatic rings. The second-order valence-electron chi connectivity index (χ2n) is 3.60. The molecular formula is C11H11Cl2N3S. The van der Waals surface area contributed by atoms with Gasteiger partial charge in [0, 0.05) is 12.8 Å². The van der Waals surface area contributed by atoms with E-state index in [2.05, 4.69) is 10.1 Å². The third-order valence-electron chi connectivity index (χ3n) is 2.20. The summed E-state index contributed by atoms with van der Waals surface area (Å²) in [6.07, 6.45) is 0. The molecule has 0 aromatic carbocycles. The van der Waals surface area contributed by atoms with Gasteiger partial charge in [0.2, 0.25) is 0 Å². The number of aromatic nitrogens is 3. The summed E-state index contributed by atoms with van der Waals surface area (Å²) in [4.78, 5) is 4.21. The van der Waals surface area contributed by atoms with Crippen LogP contribution in [-0.2, 0) is 12.8 Å². The zero-order chi connectivity index (χ0) is 12.4. The van der Waals surface area contributed by atoms with E-state index in [1.165, 1.54) is 0 Å². The number of hydrogen-bond donors (Lipinski definition) is 0. The van der Waals surface area contributed by atoms with Crippen molar-refractivity contribution in [2.45, 2.75) is 17.7 Å². The van der Waals surface area contributed by atoms with Crippen LogP contribution in [0.25, 0.3) is 0 Å². The molecule has 3 nitrogen and oxygen atoms in total. The summed E-state index contributed by atoms with van der Waals surface area (Å²) in [5.74, 6) is 0.679. The van der Waals surface area contributed by atoms with Crippen molar-refractivity contribution in [2.24, 2.45) is 7.05 Å². The van der Waals surface area contributed by atoms with Crippen LogP contribution in [0.2, 0.25) is 10.2 Å². The normalized spacial score (nSPS) is 10.8. The highest BCUT2D eigenvalue weighted by Crippen LogP contribution is 2.26. The van der Waals surface area contributed by atoms with Gasteiger partial charge in [0.25, 0.3) is 0 Å². The van der Waals surface area contributed by atoms with Gasteiger partial charge < -0.3 is 0 Å². The molecule has 2 rings (SSSR count). The number of rotatable bonds is 3. The average Bonchev–Trinajstić information content (AvgIpc) is 2.59. The molecule has 90 valence electrons. The first kappa shape index (κ1) is 12.7. The van der Waals surface area contributed by atoms with E-state index in [9.17, 15) is 0 Å². The van der Waals surface area contributed by atoms with E-state index in [-0.39, 0.29) is 0 Å². The molecule has 0 unspecified atom stereocenters. The second-order valence-corrected chi connectivity index (χ2v) is 5.39. The van der Waals surface area contributed by atoms with E-state index in [0.717, 1.165) is 16.4 Å². The number of aryl methyl sites for hydroxylation is 2. The van der Waals surface area contributed by atoms with Gasteiger partial charge in [-0.15, -0.1) is 11.8 Å². The molecule has 0 saturated carbocycles. The van der Waals surface area contributed by atoms with Crippen LogP contribution in [0.1, 0.15) is 11.4 Å². The molecule has 0 N–H and O–H groups in total. The first-order valence-electron chi connectivity index (χ1n) is 5.00. The van der Waals surface area contributed by atoms with Gasteiger partial charge >= 0.3 is 0 Å². The molecule has 2 aromatic heterocycles. The van der Waals surface area contributed by atoms with Gasteiger partial charge in [0.15, 0.2) is 0 Å². The number of hydrogen-bond acceptors (Lipinski definition) is 3. The van der Waals surface area contributed by atoms with Crippen LogP contribution in [0.3, 0.4) is 0 Å². The molecule has 0 bridgehead atoms. The minimum Gasteiger partial charge on any atom is -0.262 e. The molecule has 0 fully saturated rings. The molecule has 0 aliphatic heterocycles. The maximum atomic E-state index is 6.05. The van der Waals surface area contributed by atoms with Crippen LogP contribution in [0.5, 0.6) is 0 Å². The average molecular weight is 288 g/mol. The van der Waals surface area contributed by atoms with Crippen molar-refractivity contribution >= 4 is 35.0 Å². The van der Waals surface area contributed by atoms with Crippen molar-refractivity contribution in [1.82, 2.24) is 14.8 Å². The maximum absolute atomic E-state index is 6.05. The highest BCUT2D eigenvalue weighted by molar-refractivity contribution is 7.98. The SMILES string of the molecule is Cc1cc(SCc2nc(Cl)ccc2Cl)n(C)n1. The molecule has 0 saturated heterocycles. The zero-order valence-electron chi connectivity index (χ0n) is 9.44. The molecular weight excluding hydrogens is 277 g/mol. The third kappa shape index (κ3) is 3.15. The van der Waals surface area contributed by atoms with Crippen LogP contribution in [0.4, 0.5) is 0 Å². The van der Waals surface area contributed by atoms with Crippen molar-refractivity contribution in [3.63, 3.8) is 0 Å². The lowest BCUT2D eigenvalue weighted by molar-refractivity contribution is 0.692. The molecule has 2 heterocycles. The summed E-state index contributed by atoms with van der Waals surface area (Å²) in [5.41, 5.74) is 1.79. The molecule has 0 spiro atoms. The molecule has 0 amide bonds. The summed E-state index contributed by atoms with van der Waals surface area (Å²) in [6.45, 7) is 1.97. The van der Waals surface area contributed by atoms with Gasteiger partial charge in [-0.05, 0) is 25.1 Å². The smallest absolute Gasteiger partial charge is 0.129 e. The molecule has 0 atom stereocenters. The summed E-state index contributed by atoms with van der Waals surface area (Å²) < 4.78 is 1.85. The van der Waals surface area contributed by atoms with E-state index in [4.69, 9.17) is 23.2 Å². The first-order valence-corrected chi connectivity index (χ1v) is 6.75. The monoisotopic (exact) mass is 287 g/mol. The summed E-state index contributed by atoms with van der Waals surface area (Å²) in [7, 11) is 1.92. The Morgan fingerprint density at radius 3 is 2.76 bits per heavy atom. The van der Waals surface area contributed by atoms with Gasteiger partial charge in [0.05, 0.1) is 21.4 Å². The minimum absolute atomic E-state index is 0.464. The van der Waals surface area contributed by atoms with Crippen LogP contribution in [-0.4, -0.2) is 14.8 Å². The fraction of sp³-hybridized carbons (Fsp3) is 0.273. The fourth-order valence-corrected chi connectivity index (χ4v) is 2.83. The Morgan fingerprint density at radius 2 is 2.12 bits per heavy atom. The number of thioether (sulfide) groups is 1. The predicted octanol–water partition coefficient (Wildman–Crippen LogP) is 3.72. The highest BCUT2D eigenvalue weighted by atomic mass is 35.5. The Labute approximate surface area is 114 Å². The van der Waals surface area contributed by atoms with E-state index in [1.54, 1.807) is 23.9 Å². The van der Waals surface area contributed by atoms with Crippen molar-refractivity contribution in [2.75, 3.05) is 0 Å². The summed E-state index contributed by atoms with van der Waals surface area (Å²) in [5, 5.41) is 6.47. The van der Waals surface area contributed by atoms with Crippen molar-refractivity contribution in [3.8, 4) is 0 Å². The minimum atomic E-state index is 0.464. The van der Waals surface area contributed by atoms with Gasteiger partial charge in [-0.25, -0.2) is 4.98 Å². The maximum Gasteiger partial charge on any atom is 0.129 e. The number of pyridine rings is 1. The Kier molecular flexibility index (Phi) is 3.97. The topological polar surface area (TPSA) is 30.7 Å². The van der Waals surface area contributed by atoms with E-state index >= 15 is 0 Å². The van der Waals surface area contributed by atoms with E-state index in [0.29, 0.717) is 15.9 Å². The lowest BCUT2D eigenvalue weighted by atomic mass is 10.4. The molecule has 6 heteroatoms. The highest BCUT2D eigenvalue weighted by Gasteiger charge is 2.07. The summed E-state index contributed by atoms with van der Waals surface area (Å²) in [6, 6.07) is 5.48. The van der Waals surface area contributed by atoms with Gasteiger partial charge in [0.1, 0.15) is 5.15 Å². The number of halogens is 2. The predicted molar refractivity (Wildman–Crippen MR) is 71.8 cm³/mol. The van der Waals surface area contributed by atoms with E-state index < -0.39 is 0 Å². The molecule has 0 aliphatic rings. The van der Waals surface area contributed by atoms with Gasteiger partial charge in [-0.2, -0.15) is 5.10 Å². The van der Waals surface area contributed by atoms with Gasteiger partial charge in [-0.1, -0.05) is 23.2 Å². The van der Waals surface area contributed by atoms with Gasteiger partial charge in [-0.3, -0.25) is 4.68 Å². The molecule has 17 heavy (non-hydrogen) atoms. The first-order chi connectivity index (χ1) is 8.06. The van der Waals surface area contributed by atoms with Crippen LogP contribution in [0, 0.1) is 6.92 Å². The Hall–Kier alpha value is -0.710. The Morgan fingerprint density at radius 1 is 1.35 bits per heavy atom. The molecule has 0 radical (unpaired) electrons. The van der Waals surface area contributed by atoms with Crippen LogP contribution < -0.4 is 0 Å². The fourth-order valence-electron chi connectivity index (χ4n) is 1.42. The molecule has 0 aliphatic carbocycles. The van der Waals surface area contributed by atoms with Crippen molar-refractivity contribution < 1.29 is 0 Å². The lowest BCUT2D eigenvalue weighted by Crippen LogP contribution is -1.94. The lowest BCUT2D eigenvalue weighted by Gasteiger charge is -2.04. The van der Waals surface area contributed by atoms with Crippen LogP contribution in [0.15, 0.2) is 23.2 Å². The van der Waals surface area contributed by atoms with Crippen molar-refractivity contribution in [3.05, 3.63) is 39.8 Å². The second kappa shape index (κ2) is 5.29. The van der Waals surface area contributed by atoms with Crippen LogP contribution >= 0.6 is 35.0 Å². The van der Waals surface area contributed by atoms with E-state index in [1.807, 2.05) is 24.7 Å². The quantitative estimate of drug-likeness (QED) is 0.637. The standard InChI is InChI=1S/C11H11Cl2N3S/c1-7-5-11(16(2)15-7)17-6-9-8(12)3-4-10(13)14-9/h3-5H,6H2,1-2H3. The third-order valence-corrected chi connectivity index (χ3v) is 3.85. The zero-order valence-corrected chi connectivity index (χ0v) is 11.8. The Bertz CT molecular complexity index is 540. The Balaban J connectivity index is 2.12. The number of nitrogens with zero attached hydrogens (tertiary/aromatic N) is 3.